The van der Waals surface area contributed by atoms with Crippen LogP contribution in [0.15, 0.2) is 72.8 Å². The van der Waals surface area contributed by atoms with Gasteiger partial charge < -0.3 is 15.4 Å². The predicted octanol–water partition coefficient (Wildman–Crippen LogP) is 3.88. The Morgan fingerprint density at radius 3 is 2.16 bits per heavy atom. The van der Waals surface area contributed by atoms with Crippen molar-refractivity contribution in [2.45, 2.75) is 13.8 Å². The van der Waals surface area contributed by atoms with E-state index in [4.69, 9.17) is 4.74 Å². The molecule has 2 amide bonds. The van der Waals surface area contributed by atoms with Crippen molar-refractivity contribution in [1.82, 2.24) is 5.32 Å². The van der Waals surface area contributed by atoms with Gasteiger partial charge in [-0.2, -0.15) is 0 Å². The minimum atomic E-state index is -0.690. The summed E-state index contributed by atoms with van der Waals surface area (Å²) in [5.41, 5.74) is 5.28. The van der Waals surface area contributed by atoms with Gasteiger partial charge in [0.05, 0.1) is 0 Å². The summed E-state index contributed by atoms with van der Waals surface area (Å²) in [4.78, 5) is 36.0. The third-order valence-corrected chi connectivity index (χ3v) is 4.80. The topological polar surface area (TPSA) is 84.5 Å². The van der Waals surface area contributed by atoms with Gasteiger partial charge in [-0.15, -0.1) is 0 Å². The Kier molecular flexibility index (Phi) is 7.17. The summed E-state index contributed by atoms with van der Waals surface area (Å²) in [5.74, 6) is -1.53. The zero-order valence-corrected chi connectivity index (χ0v) is 17.5. The molecule has 31 heavy (non-hydrogen) atoms. The van der Waals surface area contributed by atoms with Gasteiger partial charge in [0.2, 0.25) is 0 Å². The summed E-state index contributed by atoms with van der Waals surface area (Å²) in [5, 5.41) is 5.17. The summed E-state index contributed by atoms with van der Waals surface area (Å²) >= 11 is 0. The molecule has 0 fully saturated rings. The molecule has 0 saturated heterocycles. The lowest BCUT2D eigenvalue weighted by Gasteiger charge is -2.09. The van der Waals surface area contributed by atoms with Gasteiger partial charge >= 0.3 is 5.97 Å². The van der Waals surface area contributed by atoms with Crippen molar-refractivity contribution in [2.24, 2.45) is 0 Å². The van der Waals surface area contributed by atoms with Crippen molar-refractivity contribution >= 4 is 23.5 Å². The second kappa shape index (κ2) is 10.2. The second-order valence-electron chi connectivity index (χ2n) is 7.13. The smallest absolute Gasteiger partial charge is 0.325 e. The van der Waals surface area contributed by atoms with E-state index < -0.39 is 24.4 Å². The third-order valence-electron chi connectivity index (χ3n) is 4.80. The Bertz CT molecular complexity index is 1080. The summed E-state index contributed by atoms with van der Waals surface area (Å²) in [6.07, 6.45) is 0. The highest BCUT2D eigenvalue weighted by Crippen LogP contribution is 2.19. The number of benzene rings is 3. The molecule has 6 nitrogen and oxygen atoms in total. The van der Waals surface area contributed by atoms with E-state index >= 15 is 0 Å². The fraction of sp³-hybridized carbons (Fsp3) is 0.160. The SMILES string of the molecule is Cc1ccc(NC(=O)COC(=O)CNC(=O)c2ccc(-c3ccccc3)cc2)cc1C. The Balaban J connectivity index is 1.43. The molecule has 3 aromatic rings. The Hall–Kier alpha value is -3.93. The number of hydrogen-bond acceptors (Lipinski definition) is 4. The molecular weight excluding hydrogens is 392 g/mol. The van der Waals surface area contributed by atoms with Crippen LogP contribution in [0, 0.1) is 13.8 Å². The van der Waals surface area contributed by atoms with E-state index in [-0.39, 0.29) is 6.54 Å². The van der Waals surface area contributed by atoms with E-state index in [0.29, 0.717) is 11.3 Å². The third kappa shape index (κ3) is 6.27. The van der Waals surface area contributed by atoms with Crippen LogP contribution >= 0.6 is 0 Å². The first-order chi connectivity index (χ1) is 14.9. The van der Waals surface area contributed by atoms with Crippen molar-refractivity contribution in [1.29, 1.82) is 0 Å². The molecule has 3 aromatic carbocycles. The molecule has 0 aliphatic rings. The van der Waals surface area contributed by atoms with Crippen LogP contribution in [-0.4, -0.2) is 30.9 Å². The largest absolute Gasteiger partial charge is 0.454 e. The Morgan fingerprint density at radius 1 is 0.806 bits per heavy atom. The summed E-state index contributed by atoms with van der Waals surface area (Å²) in [7, 11) is 0. The highest BCUT2D eigenvalue weighted by atomic mass is 16.5. The maximum atomic E-state index is 12.2. The first kappa shape index (κ1) is 21.8. The average Bonchev–Trinajstić information content (AvgIpc) is 2.79. The predicted molar refractivity (Wildman–Crippen MR) is 120 cm³/mol. The highest BCUT2D eigenvalue weighted by molar-refractivity contribution is 5.97. The summed E-state index contributed by atoms with van der Waals surface area (Å²) in [6, 6.07) is 22.4. The molecule has 3 rings (SSSR count). The number of amides is 2. The fourth-order valence-electron chi connectivity index (χ4n) is 2.91. The van der Waals surface area contributed by atoms with Crippen LogP contribution in [0.4, 0.5) is 5.69 Å². The molecule has 0 bridgehead atoms. The molecule has 0 heterocycles. The van der Waals surface area contributed by atoms with Crippen LogP contribution in [0.3, 0.4) is 0 Å². The zero-order valence-electron chi connectivity index (χ0n) is 17.5. The van der Waals surface area contributed by atoms with Gasteiger partial charge in [-0.05, 0) is 60.4 Å². The van der Waals surface area contributed by atoms with Crippen molar-refractivity contribution in [3.05, 3.63) is 89.5 Å². The van der Waals surface area contributed by atoms with Gasteiger partial charge in [0, 0.05) is 11.3 Å². The second-order valence-corrected chi connectivity index (χ2v) is 7.13. The molecular formula is C25H24N2O4. The zero-order chi connectivity index (χ0) is 22.2. The molecule has 0 aliphatic carbocycles. The number of nitrogens with one attached hydrogen (secondary N) is 2. The van der Waals surface area contributed by atoms with Crippen molar-refractivity contribution in [2.75, 3.05) is 18.5 Å². The minimum Gasteiger partial charge on any atom is -0.454 e. The van der Waals surface area contributed by atoms with E-state index in [2.05, 4.69) is 10.6 Å². The Labute approximate surface area is 181 Å². The van der Waals surface area contributed by atoms with E-state index in [1.54, 1.807) is 18.2 Å². The van der Waals surface area contributed by atoms with Crippen LogP contribution in [0.2, 0.25) is 0 Å². The standard InChI is InChI=1S/C25H24N2O4/c1-17-8-13-22(14-18(17)2)27-23(28)16-31-24(29)15-26-25(30)21-11-9-20(10-12-21)19-6-4-3-5-7-19/h3-14H,15-16H2,1-2H3,(H,26,30)(H,27,28). The number of carbonyl (C=O) groups is 3. The number of carbonyl (C=O) groups excluding carboxylic acids is 3. The average molecular weight is 416 g/mol. The highest BCUT2D eigenvalue weighted by Gasteiger charge is 2.11. The monoisotopic (exact) mass is 416 g/mol. The van der Waals surface area contributed by atoms with Gasteiger partial charge in [0.25, 0.3) is 11.8 Å². The van der Waals surface area contributed by atoms with Gasteiger partial charge in [0.15, 0.2) is 6.61 Å². The number of esters is 1. The molecule has 0 atom stereocenters. The van der Waals surface area contributed by atoms with Gasteiger partial charge in [-0.3, -0.25) is 14.4 Å². The van der Waals surface area contributed by atoms with Crippen LogP contribution < -0.4 is 10.6 Å². The molecule has 6 heteroatoms. The maximum Gasteiger partial charge on any atom is 0.325 e. The van der Waals surface area contributed by atoms with Crippen LogP contribution in [0.1, 0.15) is 21.5 Å². The van der Waals surface area contributed by atoms with Gasteiger partial charge in [0.1, 0.15) is 6.54 Å². The normalized spacial score (nSPS) is 10.3. The van der Waals surface area contributed by atoms with E-state index in [1.165, 1.54) is 0 Å². The number of anilines is 1. The van der Waals surface area contributed by atoms with Crippen molar-refractivity contribution in [3.8, 4) is 11.1 Å². The number of rotatable bonds is 7. The fourth-order valence-corrected chi connectivity index (χ4v) is 2.91. The van der Waals surface area contributed by atoms with Gasteiger partial charge in [-0.25, -0.2) is 0 Å². The lowest BCUT2D eigenvalue weighted by molar-refractivity contribution is -0.146. The number of aryl methyl sites for hydroxylation is 2. The molecule has 0 saturated carbocycles. The molecule has 2 N–H and O–H groups in total. The Morgan fingerprint density at radius 2 is 1.48 bits per heavy atom. The number of ether oxygens (including phenoxy) is 1. The van der Waals surface area contributed by atoms with E-state index in [0.717, 1.165) is 22.3 Å². The van der Waals surface area contributed by atoms with Crippen molar-refractivity contribution < 1.29 is 19.1 Å². The van der Waals surface area contributed by atoms with E-state index in [9.17, 15) is 14.4 Å². The lowest BCUT2D eigenvalue weighted by Crippen LogP contribution is -2.32. The first-order valence-electron chi connectivity index (χ1n) is 9.89. The number of hydrogen-bond donors (Lipinski definition) is 2. The van der Waals surface area contributed by atoms with Crippen LogP contribution in [0.5, 0.6) is 0 Å². The molecule has 0 radical (unpaired) electrons. The molecule has 158 valence electrons. The summed E-state index contributed by atoms with van der Waals surface area (Å²) < 4.78 is 4.93. The van der Waals surface area contributed by atoms with Crippen LogP contribution in [-0.2, 0) is 14.3 Å². The first-order valence-corrected chi connectivity index (χ1v) is 9.89. The van der Waals surface area contributed by atoms with Crippen molar-refractivity contribution in [3.63, 3.8) is 0 Å². The molecule has 0 aromatic heterocycles. The van der Waals surface area contributed by atoms with Crippen LogP contribution in [0.25, 0.3) is 11.1 Å². The molecule has 0 spiro atoms. The quantitative estimate of drug-likeness (QED) is 0.573. The van der Waals surface area contributed by atoms with E-state index in [1.807, 2.05) is 68.4 Å². The summed E-state index contributed by atoms with van der Waals surface area (Å²) in [6.45, 7) is 3.18. The minimum absolute atomic E-state index is 0.323. The van der Waals surface area contributed by atoms with Gasteiger partial charge in [-0.1, -0.05) is 48.5 Å². The molecule has 0 aliphatic heterocycles. The maximum absolute atomic E-state index is 12.2. The molecule has 0 unspecified atom stereocenters. The lowest BCUT2D eigenvalue weighted by atomic mass is 10.0.